The maximum atomic E-state index is 9.21. The molecule has 0 aliphatic heterocycles. The van der Waals surface area contributed by atoms with Gasteiger partial charge in [-0.25, -0.2) is 9.97 Å². The van der Waals surface area contributed by atoms with Crippen LogP contribution in [0.3, 0.4) is 0 Å². The van der Waals surface area contributed by atoms with Crippen LogP contribution in [0.4, 0.5) is 11.6 Å². The van der Waals surface area contributed by atoms with E-state index >= 15 is 0 Å². The SMILES string of the molecule is N#Cc1ccc(C(c2cccc(N)n2)C(c2cccnc2)c2cccc(N)n2)cc1. The topological polar surface area (TPSA) is 114 Å². The molecule has 2 atom stereocenters. The van der Waals surface area contributed by atoms with Crippen LogP contribution >= 0.6 is 0 Å². The predicted molar refractivity (Wildman–Crippen MR) is 116 cm³/mol. The Labute approximate surface area is 174 Å². The molecule has 0 radical (unpaired) electrons. The highest BCUT2D eigenvalue weighted by atomic mass is 14.9. The Balaban J connectivity index is 1.96. The van der Waals surface area contributed by atoms with E-state index in [1.54, 1.807) is 18.3 Å². The molecule has 4 rings (SSSR count). The molecule has 0 bridgehead atoms. The summed E-state index contributed by atoms with van der Waals surface area (Å²) in [5.74, 6) is 0.473. The normalized spacial score (nSPS) is 12.6. The number of hydrogen-bond donors (Lipinski definition) is 2. The van der Waals surface area contributed by atoms with Crippen molar-refractivity contribution in [2.24, 2.45) is 0 Å². The van der Waals surface area contributed by atoms with E-state index in [-0.39, 0.29) is 11.8 Å². The zero-order valence-corrected chi connectivity index (χ0v) is 16.2. The third-order valence-corrected chi connectivity index (χ3v) is 5.00. The summed E-state index contributed by atoms with van der Waals surface area (Å²) in [7, 11) is 0. The van der Waals surface area contributed by atoms with Crippen molar-refractivity contribution in [3.63, 3.8) is 0 Å². The van der Waals surface area contributed by atoms with Crippen molar-refractivity contribution >= 4 is 11.6 Å². The number of benzene rings is 1. The van der Waals surface area contributed by atoms with Gasteiger partial charge in [0.25, 0.3) is 0 Å². The molecule has 4 N–H and O–H groups in total. The lowest BCUT2D eigenvalue weighted by Crippen LogP contribution is -2.18. The molecule has 0 saturated heterocycles. The highest BCUT2D eigenvalue weighted by Crippen LogP contribution is 2.41. The summed E-state index contributed by atoms with van der Waals surface area (Å²) in [6.45, 7) is 0. The molecule has 3 aromatic heterocycles. The molecule has 0 fully saturated rings. The number of hydrogen-bond acceptors (Lipinski definition) is 6. The van der Waals surface area contributed by atoms with E-state index in [9.17, 15) is 5.26 Å². The number of nitrogens with zero attached hydrogens (tertiary/aromatic N) is 4. The second-order valence-corrected chi connectivity index (χ2v) is 6.95. The highest BCUT2D eigenvalue weighted by molar-refractivity contribution is 5.45. The van der Waals surface area contributed by atoms with E-state index in [1.807, 2.05) is 66.9 Å². The number of nitrogen functional groups attached to an aromatic ring is 2. The Morgan fingerprint density at radius 1 is 0.700 bits per heavy atom. The van der Waals surface area contributed by atoms with Gasteiger partial charge in [0.1, 0.15) is 11.6 Å². The summed E-state index contributed by atoms with van der Waals surface area (Å²) in [5.41, 5.74) is 16.2. The van der Waals surface area contributed by atoms with Gasteiger partial charge >= 0.3 is 0 Å². The molecule has 1 aromatic carbocycles. The summed E-state index contributed by atoms with van der Waals surface area (Å²) >= 11 is 0. The fraction of sp³-hybridized carbons (Fsp3) is 0.0833. The second-order valence-electron chi connectivity index (χ2n) is 6.95. The number of nitrogens with two attached hydrogens (primary N) is 2. The molecular formula is C24H20N6. The number of aromatic nitrogens is 3. The molecule has 6 heteroatoms. The average molecular weight is 392 g/mol. The Bertz CT molecular complexity index is 1180. The number of pyridine rings is 3. The minimum Gasteiger partial charge on any atom is -0.384 e. The van der Waals surface area contributed by atoms with Gasteiger partial charge in [0.15, 0.2) is 0 Å². The average Bonchev–Trinajstić information content (AvgIpc) is 2.78. The van der Waals surface area contributed by atoms with E-state index in [2.05, 4.69) is 21.0 Å². The van der Waals surface area contributed by atoms with Crippen molar-refractivity contribution in [1.82, 2.24) is 15.0 Å². The van der Waals surface area contributed by atoms with Gasteiger partial charge in [-0.15, -0.1) is 0 Å². The first kappa shape index (κ1) is 19.1. The minimum absolute atomic E-state index is 0.204. The van der Waals surface area contributed by atoms with Gasteiger partial charge in [0.05, 0.1) is 23.0 Å². The van der Waals surface area contributed by atoms with Crippen molar-refractivity contribution in [3.8, 4) is 6.07 Å². The number of anilines is 2. The van der Waals surface area contributed by atoms with Gasteiger partial charge in [0.2, 0.25) is 0 Å². The first-order valence-electron chi connectivity index (χ1n) is 9.50. The molecule has 2 unspecified atom stereocenters. The molecule has 30 heavy (non-hydrogen) atoms. The van der Waals surface area contributed by atoms with Crippen LogP contribution in [0.15, 0.2) is 85.2 Å². The van der Waals surface area contributed by atoms with Crippen molar-refractivity contribution in [1.29, 1.82) is 5.26 Å². The molecule has 6 nitrogen and oxygen atoms in total. The Kier molecular flexibility index (Phi) is 5.35. The second kappa shape index (κ2) is 8.41. The van der Waals surface area contributed by atoms with Gasteiger partial charge in [0, 0.05) is 24.2 Å². The van der Waals surface area contributed by atoms with Gasteiger partial charge < -0.3 is 11.5 Å². The molecule has 0 amide bonds. The van der Waals surface area contributed by atoms with E-state index in [0.717, 1.165) is 22.5 Å². The van der Waals surface area contributed by atoms with Crippen LogP contribution in [0, 0.1) is 11.3 Å². The minimum atomic E-state index is -0.209. The van der Waals surface area contributed by atoms with Gasteiger partial charge in [-0.2, -0.15) is 5.26 Å². The quantitative estimate of drug-likeness (QED) is 0.533. The number of rotatable bonds is 5. The largest absolute Gasteiger partial charge is 0.384 e. The van der Waals surface area contributed by atoms with E-state index in [4.69, 9.17) is 11.5 Å². The first-order chi connectivity index (χ1) is 14.7. The maximum absolute atomic E-state index is 9.21. The predicted octanol–water partition coefficient (Wildman–Crippen LogP) is 3.87. The maximum Gasteiger partial charge on any atom is 0.123 e. The standard InChI is InChI=1S/C24H20N6/c25-14-16-9-11-17(12-10-16)23(19-5-1-7-21(26)29-19)24(18-4-3-13-28-15-18)20-6-2-8-22(27)30-20/h1-13,15,23-24H,(H2,26,29)(H2,27,30). The van der Waals surface area contributed by atoms with E-state index in [1.165, 1.54) is 0 Å². The zero-order valence-electron chi connectivity index (χ0n) is 16.2. The molecular weight excluding hydrogens is 372 g/mol. The zero-order chi connectivity index (χ0) is 20.9. The fourth-order valence-corrected chi connectivity index (χ4v) is 3.68. The van der Waals surface area contributed by atoms with Crippen LogP contribution < -0.4 is 11.5 Å². The molecule has 146 valence electrons. The molecule has 0 saturated carbocycles. The summed E-state index contributed by atoms with van der Waals surface area (Å²) < 4.78 is 0. The van der Waals surface area contributed by atoms with Gasteiger partial charge in [-0.1, -0.05) is 30.3 Å². The third kappa shape index (κ3) is 3.96. The van der Waals surface area contributed by atoms with Crippen LogP contribution in [0.25, 0.3) is 0 Å². The van der Waals surface area contributed by atoms with Crippen LogP contribution in [0.1, 0.15) is 39.9 Å². The van der Waals surface area contributed by atoms with Crippen molar-refractivity contribution in [2.75, 3.05) is 11.5 Å². The van der Waals surface area contributed by atoms with Crippen molar-refractivity contribution in [2.45, 2.75) is 11.8 Å². The van der Waals surface area contributed by atoms with Crippen LogP contribution in [0.5, 0.6) is 0 Å². The highest BCUT2D eigenvalue weighted by Gasteiger charge is 2.30. The Morgan fingerprint density at radius 2 is 1.30 bits per heavy atom. The summed E-state index contributed by atoms with van der Waals surface area (Å²) in [5, 5.41) is 9.21. The van der Waals surface area contributed by atoms with Gasteiger partial charge in [-0.05, 0) is 53.6 Å². The van der Waals surface area contributed by atoms with E-state index in [0.29, 0.717) is 17.2 Å². The lowest BCUT2D eigenvalue weighted by molar-refractivity contribution is 0.657. The summed E-state index contributed by atoms with van der Waals surface area (Å²) in [6, 6.07) is 24.8. The van der Waals surface area contributed by atoms with Crippen LogP contribution in [0.2, 0.25) is 0 Å². The third-order valence-electron chi connectivity index (χ3n) is 5.00. The molecule has 4 aromatic rings. The molecule has 0 spiro atoms. The molecule has 0 aliphatic rings. The van der Waals surface area contributed by atoms with Crippen molar-refractivity contribution in [3.05, 3.63) is 113 Å². The smallest absolute Gasteiger partial charge is 0.123 e. The Hall–Kier alpha value is -4.24. The molecule has 0 aliphatic carbocycles. The van der Waals surface area contributed by atoms with Crippen LogP contribution in [-0.4, -0.2) is 15.0 Å². The fourth-order valence-electron chi connectivity index (χ4n) is 3.68. The lowest BCUT2D eigenvalue weighted by Gasteiger charge is -2.28. The molecule has 3 heterocycles. The monoisotopic (exact) mass is 392 g/mol. The van der Waals surface area contributed by atoms with Crippen molar-refractivity contribution < 1.29 is 0 Å². The van der Waals surface area contributed by atoms with Crippen LogP contribution in [-0.2, 0) is 0 Å². The lowest BCUT2D eigenvalue weighted by atomic mass is 9.77. The summed E-state index contributed by atoms with van der Waals surface area (Å²) in [6.07, 6.45) is 3.57. The number of nitriles is 1. The van der Waals surface area contributed by atoms with Gasteiger partial charge in [-0.3, -0.25) is 4.98 Å². The first-order valence-corrected chi connectivity index (χ1v) is 9.50. The Morgan fingerprint density at radius 3 is 1.80 bits per heavy atom. The summed E-state index contributed by atoms with van der Waals surface area (Å²) in [4.78, 5) is 13.6. The van der Waals surface area contributed by atoms with E-state index < -0.39 is 0 Å².